The van der Waals surface area contributed by atoms with E-state index in [2.05, 4.69) is 0 Å². The second kappa shape index (κ2) is 6.75. The van der Waals surface area contributed by atoms with E-state index in [9.17, 15) is 5.11 Å². The van der Waals surface area contributed by atoms with Gasteiger partial charge in [0.1, 0.15) is 0 Å². The van der Waals surface area contributed by atoms with E-state index in [0.29, 0.717) is 18.9 Å². The predicted molar refractivity (Wildman–Crippen MR) is 71.5 cm³/mol. The summed E-state index contributed by atoms with van der Waals surface area (Å²) in [4.78, 5) is 2.05. The molecule has 0 spiro atoms. The number of hydrogen-bond donors (Lipinski definition) is 1. The van der Waals surface area contributed by atoms with Gasteiger partial charge in [-0.15, -0.1) is 0 Å². The van der Waals surface area contributed by atoms with Crippen LogP contribution in [-0.4, -0.2) is 50.2 Å². The summed E-state index contributed by atoms with van der Waals surface area (Å²) in [7, 11) is 1.97. The molecular formula is C14H21NO4. The van der Waals surface area contributed by atoms with E-state index in [1.54, 1.807) is 0 Å². The number of nitrogens with zero attached hydrogens (tertiary/aromatic N) is 1. The Morgan fingerprint density at radius 1 is 1.37 bits per heavy atom. The third-order valence-corrected chi connectivity index (χ3v) is 3.09. The van der Waals surface area contributed by atoms with Crippen LogP contribution in [0, 0.1) is 0 Å². The molecule has 0 fully saturated rings. The summed E-state index contributed by atoms with van der Waals surface area (Å²) in [5.41, 5.74) is 0.840. The van der Waals surface area contributed by atoms with Gasteiger partial charge in [-0.2, -0.15) is 0 Å². The first-order valence-corrected chi connectivity index (χ1v) is 6.54. The van der Waals surface area contributed by atoms with Crippen molar-refractivity contribution in [2.45, 2.75) is 13.0 Å². The highest BCUT2D eigenvalue weighted by molar-refractivity contribution is 5.45. The van der Waals surface area contributed by atoms with Crippen LogP contribution < -0.4 is 9.47 Å². The molecule has 0 aromatic heterocycles. The normalized spacial score (nSPS) is 14.9. The van der Waals surface area contributed by atoms with E-state index in [0.717, 1.165) is 24.5 Å². The number of rotatable bonds is 7. The molecule has 1 heterocycles. The van der Waals surface area contributed by atoms with E-state index in [1.165, 1.54) is 0 Å². The van der Waals surface area contributed by atoms with Crippen molar-refractivity contribution in [3.8, 4) is 11.5 Å². The summed E-state index contributed by atoms with van der Waals surface area (Å²) >= 11 is 0. The second-order valence-corrected chi connectivity index (χ2v) is 4.59. The first kappa shape index (κ1) is 14.1. The third-order valence-electron chi connectivity index (χ3n) is 3.09. The van der Waals surface area contributed by atoms with Gasteiger partial charge in [0.2, 0.25) is 6.79 Å². The Hall–Kier alpha value is -1.30. The molecule has 5 heteroatoms. The van der Waals surface area contributed by atoms with Crippen molar-refractivity contribution in [3.05, 3.63) is 23.8 Å². The molecule has 1 unspecified atom stereocenters. The van der Waals surface area contributed by atoms with Crippen LogP contribution >= 0.6 is 0 Å². The molecule has 0 amide bonds. The lowest BCUT2D eigenvalue weighted by molar-refractivity contribution is 0.0890. The quantitative estimate of drug-likeness (QED) is 0.757. The average molecular weight is 267 g/mol. The molecule has 0 radical (unpaired) electrons. The number of ether oxygens (including phenoxy) is 3. The van der Waals surface area contributed by atoms with Crippen LogP contribution in [0.2, 0.25) is 0 Å². The van der Waals surface area contributed by atoms with Gasteiger partial charge in [-0.25, -0.2) is 0 Å². The molecule has 0 saturated heterocycles. The Morgan fingerprint density at radius 3 is 2.95 bits per heavy atom. The van der Waals surface area contributed by atoms with Crippen LogP contribution in [-0.2, 0) is 4.74 Å². The summed E-state index contributed by atoms with van der Waals surface area (Å²) in [6.07, 6.45) is -0.541. The molecule has 5 nitrogen and oxygen atoms in total. The van der Waals surface area contributed by atoms with Crippen LogP contribution in [0.1, 0.15) is 18.6 Å². The molecular weight excluding hydrogens is 246 g/mol. The molecule has 1 aromatic rings. The zero-order valence-electron chi connectivity index (χ0n) is 11.5. The van der Waals surface area contributed by atoms with Gasteiger partial charge in [0.15, 0.2) is 11.5 Å². The molecule has 1 atom stereocenters. The van der Waals surface area contributed by atoms with Gasteiger partial charge < -0.3 is 24.2 Å². The molecule has 0 saturated carbocycles. The molecule has 106 valence electrons. The number of aliphatic hydroxyl groups excluding tert-OH is 1. The summed E-state index contributed by atoms with van der Waals surface area (Å²) in [6.45, 7) is 4.99. The van der Waals surface area contributed by atoms with Crippen molar-refractivity contribution < 1.29 is 19.3 Å². The first-order chi connectivity index (χ1) is 9.20. The summed E-state index contributed by atoms with van der Waals surface area (Å²) in [5, 5.41) is 10.2. The fourth-order valence-corrected chi connectivity index (χ4v) is 1.98. The van der Waals surface area contributed by atoms with Crippen LogP contribution in [0.3, 0.4) is 0 Å². The summed E-state index contributed by atoms with van der Waals surface area (Å²) in [5.74, 6) is 1.44. The molecule has 19 heavy (non-hydrogen) atoms. The SMILES string of the molecule is CCOCCN(C)CC(O)c1ccc2c(c1)OCO2. The smallest absolute Gasteiger partial charge is 0.231 e. The van der Waals surface area contributed by atoms with Gasteiger partial charge in [-0.3, -0.25) is 0 Å². The number of likely N-dealkylation sites (N-methyl/N-ethyl adjacent to an activating group) is 1. The fourth-order valence-electron chi connectivity index (χ4n) is 1.98. The van der Waals surface area contributed by atoms with E-state index in [1.807, 2.05) is 37.1 Å². The van der Waals surface area contributed by atoms with Crippen LogP contribution in [0.4, 0.5) is 0 Å². The maximum atomic E-state index is 10.2. The summed E-state index contributed by atoms with van der Waals surface area (Å²) in [6, 6.07) is 5.54. The minimum atomic E-state index is -0.541. The standard InChI is InChI=1S/C14H21NO4/c1-3-17-7-6-15(2)9-12(16)11-4-5-13-14(8-11)19-10-18-13/h4-5,8,12,16H,3,6-7,9-10H2,1-2H3. The Bertz CT molecular complexity index is 410. The van der Waals surface area contributed by atoms with Crippen molar-refractivity contribution in [1.29, 1.82) is 0 Å². The third kappa shape index (κ3) is 3.83. The fraction of sp³-hybridized carbons (Fsp3) is 0.571. The van der Waals surface area contributed by atoms with Crippen molar-refractivity contribution in [2.75, 3.05) is 40.1 Å². The van der Waals surface area contributed by atoms with Crippen molar-refractivity contribution in [1.82, 2.24) is 4.90 Å². The van der Waals surface area contributed by atoms with Crippen LogP contribution in [0.5, 0.6) is 11.5 Å². The van der Waals surface area contributed by atoms with Gasteiger partial charge >= 0.3 is 0 Å². The highest BCUT2D eigenvalue weighted by Gasteiger charge is 2.17. The maximum absolute atomic E-state index is 10.2. The predicted octanol–water partition coefficient (Wildman–Crippen LogP) is 1.42. The monoisotopic (exact) mass is 267 g/mol. The highest BCUT2D eigenvalue weighted by atomic mass is 16.7. The minimum Gasteiger partial charge on any atom is -0.454 e. The van der Waals surface area contributed by atoms with Gasteiger partial charge in [0.25, 0.3) is 0 Å². The zero-order valence-corrected chi connectivity index (χ0v) is 11.5. The lowest BCUT2D eigenvalue weighted by Gasteiger charge is -2.20. The first-order valence-electron chi connectivity index (χ1n) is 6.54. The average Bonchev–Trinajstić information content (AvgIpc) is 2.86. The van der Waals surface area contributed by atoms with Crippen LogP contribution in [0.25, 0.3) is 0 Å². The van der Waals surface area contributed by atoms with E-state index in [4.69, 9.17) is 14.2 Å². The minimum absolute atomic E-state index is 0.253. The second-order valence-electron chi connectivity index (χ2n) is 4.59. The number of hydrogen-bond acceptors (Lipinski definition) is 5. The topological polar surface area (TPSA) is 51.2 Å². The Kier molecular flexibility index (Phi) is 5.01. The highest BCUT2D eigenvalue weighted by Crippen LogP contribution is 2.34. The van der Waals surface area contributed by atoms with Crippen molar-refractivity contribution >= 4 is 0 Å². The Morgan fingerprint density at radius 2 is 2.16 bits per heavy atom. The molecule has 2 rings (SSSR count). The van der Waals surface area contributed by atoms with Gasteiger partial charge in [-0.05, 0) is 31.7 Å². The molecule has 1 aliphatic rings. The number of benzene rings is 1. The lowest BCUT2D eigenvalue weighted by atomic mass is 10.1. The van der Waals surface area contributed by atoms with E-state index in [-0.39, 0.29) is 6.79 Å². The maximum Gasteiger partial charge on any atom is 0.231 e. The Labute approximate surface area is 113 Å². The van der Waals surface area contributed by atoms with Gasteiger partial charge in [-0.1, -0.05) is 6.07 Å². The summed E-state index contributed by atoms with van der Waals surface area (Å²) < 4.78 is 15.8. The molecule has 1 aliphatic heterocycles. The lowest BCUT2D eigenvalue weighted by Crippen LogP contribution is -2.28. The van der Waals surface area contributed by atoms with Gasteiger partial charge in [0.05, 0.1) is 12.7 Å². The number of aliphatic hydroxyl groups is 1. The van der Waals surface area contributed by atoms with Crippen molar-refractivity contribution in [2.24, 2.45) is 0 Å². The van der Waals surface area contributed by atoms with Crippen LogP contribution in [0.15, 0.2) is 18.2 Å². The molecule has 1 aromatic carbocycles. The molecule has 1 N–H and O–H groups in total. The number of fused-ring (bicyclic) bond motifs is 1. The van der Waals surface area contributed by atoms with Crippen molar-refractivity contribution in [3.63, 3.8) is 0 Å². The molecule has 0 aliphatic carbocycles. The largest absolute Gasteiger partial charge is 0.454 e. The van der Waals surface area contributed by atoms with Gasteiger partial charge in [0, 0.05) is 19.7 Å². The van der Waals surface area contributed by atoms with E-state index < -0.39 is 6.10 Å². The zero-order chi connectivity index (χ0) is 13.7. The van der Waals surface area contributed by atoms with E-state index >= 15 is 0 Å². The molecule has 0 bridgehead atoms. The Balaban J connectivity index is 1.87.